The van der Waals surface area contributed by atoms with Crippen LogP contribution in [0.1, 0.15) is 37.9 Å². The molecule has 2 rings (SSSR count). The number of hydrogen-bond donors (Lipinski definition) is 2. The summed E-state index contributed by atoms with van der Waals surface area (Å²) >= 11 is 0. The monoisotopic (exact) mass is 383 g/mol. The average molecular weight is 383 g/mol. The molecule has 3 N–H and O–H groups in total. The largest absolute Gasteiger partial charge is 0.480 e. The summed E-state index contributed by atoms with van der Waals surface area (Å²) in [6.45, 7) is 1.74. The van der Waals surface area contributed by atoms with Gasteiger partial charge in [-0.3, -0.25) is 24.5 Å². The third kappa shape index (κ3) is 5.28. The molecule has 27 heavy (non-hydrogen) atoms. The van der Waals surface area contributed by atoms with Gasteiger partial charge < -0.3 is 20.3 Å². The van der Waals surface area contributed by atoms with Crippen molar-refractivity contribution in [3.05, 3.63) is 27.8 Å². The highest BCUT2D eigenvalue weighted by molar-refractivity contribution is 5.72. The molecular formula is C16H21N3O8. The van der Waals surface area contributed by atoms with Gasteiger partial charge in [0.05, 0.1) is 16.6 Å². The Labute approximate surface area is 154 Å². The molecule has 11 nitrogen and oxygen atoms in total. The predicted molar refractivity (Wildman–Crippen MR) is 91.0 cm³/mol. The Hall–Kier alpha value is -2.92. The third-order valence-electron chi connectivity index (χ3n) is 4.03. The minimum atomic E-state index is -1.08. The molecule has 2 atom stereocenters. The van der Waals surface area contributed by atoms with Crippen LogP contribution in [-0.4, -0.2) is 46.9 Å². The standard InChI is InChI=1S/C16H21N3O8/c1-10(27-18(8-20)5-3-2-4-12(17)16(21)22)11-6-14-15(26-9-25-14)7-13(11)19(23)24/h6-8,10,12H,2-5,9,17H2,1H3,(H,21,22)/t10?,12-/m0/s1. The van der Waals surface area contributed by atoms with E-state index in [0.717, 1.165) is 5.06 Å². The van der Waals surface area contributed by atoms with E-state index in [1.54, 1.807) is 6.92 Å². The lowest BCUT2D eigenvalue weighted by atomic mass is 10.1. The van der Waals surface area contributed by atoms with Crippen LogP contribution in [0.4, 0.5) is 5.69 Å². The lowest BCUT2D eigenvalue weighted by molar-refractivity contribution is -0.386. The van der Waals surface area contributed by atoms with E-state index < -0.39 is 23.0 Å². The van der Waals surface area contributed by atoms with Crippen LogP contribution in [0.25, 0.3) is 0 Å². The zero-order valence-electron chi connectivity index (χ0n) is 14.7. The first-order chi connectivity index (χ1) is 12.8. The summed E-state index contributed by atoms with van der Waals surface area (Å²) in [7, 11) is 0. The Bertz CT molecular complexity index is 711. The Morgan fingerprint density at radius 2 is 2.11 bits per heavy atom. The fourth-order valence-electron chi connectivity index (χ4n) is 2.58. The average Bonchev–Trinajstić information content (AvgIpc) is 3.09. The van der Waals surface area contributed by atoms with Crippen molar-refractivity contribution >= 4 is 18.1 Å². The summed E-state index contributed by atoms with van der Waals surface area (Å²) in [5.41, 5.74) is 5.45. The number of hydroxylamine groups is 2. The number of nitrogens with zero attached hydrogens (tertiary/aromatic N) is 2. The van der Waals surface area contributed by atoms with Gasteiger partial charge in [-0.1, -0.05) is 0 Å². The number of nitro benzene ring substituents is 1. The number of carbonyl (C=O) groups excluding carboxylic acids is 1. The summed E-state index contributed by atoms with van der Waals surface area (Å²) in [4.78, 5) is 38.2. The molecule has 1 unspecified atom stereocenters. The smallest absolute Gasteiger partial charge is 0.320 e. The lowest BCUT2D eigenvalue weighted by Crippen LogP contribution is -2.30. The number of benzene rings is 1. The molecule has 0 aromatic heterocycles. The number of rotatable bonds is 11. The highest BCUT2D eigenvalue weighted by Gasteiger charge is 2.27. The molecule has 1 aliphatic heterocycles. The zero-order valence-corrected chi connectivity index (χ0v) is 14.7. The van der Waals surface area contributed by atoms with Crippen LogP contribution >= 0.6 is 0 Å². The molecule has 0 spiro atoms. The van der Waals surface area contributed by atoms with Crippen LogP contribution in [0.3, 0.4) is 0 Å². The number of aliphatic carboxylic acids is 1. The van der Waals surface area contributed by atoms with E-state index in [1.807, 2.05) is 0 Å². The highest BCUT2D eigenvalue weighted by Crippen LogP contribution is 2.40. The van der Waals surface area contributed by atoms with Gasteiger partial charge in [-0.05, 0) is 32.3 Å². The molecule has 0 aliphatic carbocycles. The number of ether oxygens (including phenoxy) is 2. The topological polar surface area (TPSA) is 154 Å². The molecule has 148 valence electrons. The minimum Gasteiger partial charge on any atom is -0.480 e. The summed E-state index contributed by atoms with van der Waals surface area (Å²) in [6, 6.07) is 1.77. The number of nitro groups is 1. The SMILES string of the molecule is CC(ON(C=O)CCCC[C@H](N)C(=O)O)c1cc2c(cc1[N+](=O)[O-])OCO2. The van der Waals surface area contributed by atoms with Gasteiger partial charge in [0, 0.05) is 6.54 Å². The summed E-state index contributed by atoms with van der Waals surface area (Å²) < 4.78 is 10.4. The van der Waals surface area contributed by atoms with Crippen molar-refractivity contribution in [1.29, 1.82) is 0 Å². The van der Waals surface area contributed by atoms with Crippen LogP contribution in [0, 0.1) is 10.1 Å². The van der Waals surface area contributed by atoms with Gasteiger partial charge in [-0.15, -0.1) is 0 Å². The van der Waals surface area contributed by atoms with E-state index in [1.165, 1.54) is 12.1 Å². The molecule has 0 saturated heterocycles. The molecule has 1 aliphatic rings. The Morgan fingerprint density at radius 1 is 1.44 bits per heavy atom. The maximum absolute atomic E-state index is 11.3. The van der Waals surface area contributed by atoms with Gasteiger partial charge in [-0.25, -0.2) is 5.06 Å². The number of hydrogen-bond acceptors (Lipinski definition) is 8. The molecule has 11 heteroatoms. The number of carboxylic acids is 1. The zero-order chi connectivity index (χ0) is 20.0. The van der Waals surface area contributed by atoms with Gasteiger partial charge in [0.15, 0.2) is 11.5 Å². The fourth-order valence-corrected chi connectivity index (χ4v) is 2.58. The Kier molecular flexibility index (Phi) is 6.91. The van der Waals surface area contributed by atoms with Crippen molar-refractivity contribution in [1.82, 2.24) is 5.06 Å². The molecular weight excluding hydrogens is 362 g/mol. The fraction of sp³-hybridized carbons (Fsp3) is 0.500. The number of nitrogens with two attached hydrogens (primary N) is 1. The van der Waals surface area contributed by atoms with Gasteiger partial charge in [0.2, 0.25) is 13.2 Å². The minimum absolute atomic E-state index is 0.0237. The molecule has 0 fully saturated rings. The van der Waals surface area contributed by atoms with Gasteiger partial charge in [0.25, 0.3) is 5.69 Å². The van der Waals surface area contributed by atoms with Gasteiger partial charge in [-0.2, -0.15) is 0 Å². The summed E-state index contributed by atoms with van der Waals surface area (Å²) in [5.74, 6) is -0.437. The Morgan fingerprint density at radius 3 is 2.70 bits per heavy atom. The van der Waals surface area contributed by atoms with Gasteiger partial charge >= 0.3 is 5.97 Å². The molecule has 1 aromatic rings. The summed E-state index contributed by atoms with van der Waals surface area (Å²) in [5, 5.41) is 21.1. The van der Waals surface area contributed by atoms with Crippen LogP contribution in [-0.2, 0) is 14.4 Å². The number of amides is 1. The highest BCUT2D eigenvalue weighted by atomic mass is 16.7. The van der Waals surface area contributed by atoms with Crippen molar-refractivity contribution in [3.8, 4) is 11.5 Å². The first kappa shape index (κ1) is 20.4. The Balaban J connectivity index is 1.98. The van der Waals surface area contributed by atoms with E-state index in [-0.39, 0.29) is 36.8 Å². The van der Waals surface area contributed by atoms with E-state index >= 15 is 0 Å². The molecule has 0 radical (unpaired) electrons. The second-order valence-electron chi connectivity index (χ2n) is 5.96. The third-order valence-corrected chi connectivity index (χ3v) is 4.03. The quantitative estimate of drug-likeness (QED) is 0.249. The molecule has 0 saturated carbocycles. The van der Waals surface area contributed by atoms with Crippen molar-refractivity contribution in [3.63, 3.8) is 0 Å². The molecule has 1 amide bonds. The van der Waals surface area contributed by atoms with Crippen LogP contribution in [0.15, 0.2) is 12.1 Å². The second-order valence-corrected chi connectivity index (χ2v) is 5.96. The second kappa shape index (κ2) is 9.14. The van der Waals surface area contributed by atoms with E-state index in [4.69, 9.17) is 25.2 Å². The van der Waals surface area contributed by atoms with Gasteiger partial charge in [0.1, 0.15) is 12.1 Å². The van der Waals surface area contributed by atoms with E-state index in [9.17, 15) is 19.7 Å². The van der Waals surface area contributed by atoms with Crippen molar-refractivity contribution in [2.24, 2.45) is 5.73 Å². The van der Waals surface area contributed by atoms with E-state index in [2.05, 4.69) is 0 Å². The molecule has 1 heterocycles. The first-order valence-corrected chi connectivity index (χ1v) is 8.28. The lowest BCUT2D eigenvalue weighted by Gasteiger charge is -2.22. The maximum Gasteiger partial charge on any atom is 0.320 e. The van der Waals surface area contributed by atoms with Crippen LogP contribution < -0.4 is 15.2 Å². The number of unbranched alkanes of at least 4 members (excludes halogenated alkanes) is 1. The van der Waals surface area contributed by atoms with Crippen LogP contribution in [0.2, 0.25) is 0 Å². The molecule has 1 aromatic carbocycles. The number of carbonyl (C=O) groups is 2. The van der Waals surface area contributed by atoms with E-state index in [0.29, 0.717) is 25.0 Å². The van der Waals surface area contributed by atoms with Crippen molar-refractivity contribution < 1.29 is 33.9 Å². The first-order valence-electron chi connectivity index (χ1n) is 8.28. The summed E-state index contributed by atoms with van der Waals surface area (Å²) in [6.07, 6.45) is 0.888. The van der Waals surface area contributed by atoms with Crippen LogP contribution in [0.5, 0.6) is 11.5 Å². The van der Waals surface area contributed by atoms with Crippen molar-refractivity contribution in [2.45, 2.75) is 38.3 Å². The number of fused-ring (bicyclic) bond motifs is 1. The maximum atomic E-state index is 11.3. The molecule has 0 bridgehead atoms. The van der Waals surface area contributed by atoms with Crippen molar-refractivity contribution in [2.75, 3.05) is 13.3 Å². The predicted octanol–water partition coefficient (Wildman–Crippen LogP) is 1.36. The number of carboxylic acid groups (broad SMARTS) is 1. The normalized spacial score (nSPS) is 14.4.